The molecular formula is C21H21N3O3S. The molecule has 1 amide bonds. The summed E-state index contributed by atoms with van der Waals surface area (Å²) in [6.07, 6.45) is 3.21. The number of nitrogens with zero attached hydrogens (tertiary/aromatic N) is 1. The van der Waals surface area contributed by atoms with Crippen LogP contribution < -0.4 is 10.0 Å². The van der Waals surface area contributed by atoms with E-state index in [9.17, 15) is 13.2 Å². The molecule has 0 unspecified atom stereocenters. The second kappa shape index (κ2) is 8.77. The Morgan fingerprint density at radius 1 is 0.857 bits per heavy atom. The Bertz CT molecular complexity index is 1030. The SMILES string of the molecule is Cc1ccc(CNC(=O)c2ccc(S(=O)(=O)NCc3ccncc3)cc2)cc1. The fourth-order valence-electron chi connectivity index (χ4n) is 2.54. The van der Waals surface area contributed by atoms with Crippen LogP contribution in [-0.4, -0.2) is 19.3 Å². The van der Waals surface area contributed by atoms with Crippen molar-refractivity contribution in [2.24, 2.45) is 0 Å². The van der Waals surface area contributed by atoms with Crippen LogP contribution in [0, 0.1) is 6.92 Å². The highest BCUT2D eigenvalue weighted by molar-refractivity contribution is 7.89. The zero-order valence-corrected chi connectivity index (χ0v) is 16.2. The van der Waals surface area contributed by atoms with E-state index in [4.69, 9.17) is 0 Å². The van der Waals surface area contributed by atoms with Gasteiger partial charge in [0.15, 0.2) is 0 Å². The number of carbonyl (C=O) groups excluding carboxylic acids is 1. The highest BCUT2D eigenvalue weighted by atomic mass is 32.2. The molecule has 28 heavy (non-hydrogen) atoms. The minimum absolute atomic E-state index is 0.108. The quantitative estimate of drug-likeness (QED) is 0.644. The van der Waals surface area contributed by atoms with Gasteiger partial charge in [0.05, 0.1) is 4.90 Å². The van der Waals surface area contributed by atoms with Crippen LogP contribution in [0.3, 0.4) is 0 Å². The largest absolute Gasteiger partial charge is 0.348 e. The number of hydrogen-bond acceptors (Lipinski definition) is 4. The number of amides is 1. The van der Waals surface area contributed by atoms with Gasteiger partial charge in [0.1, 0.15) is 0 Å². The average molecular weight is 395 g/mol. The van der Waals surface area contributed by atoms with E-state index in [1.807, 2.05) is 31.2 Å². The number of aryl methyl sites for hydroxylation is 1. The lowest BCUT2D eigenvalue weighted by molar-refractivity contribution is 0.0951. The Hall–Kier alpha value is -3.03. The maximum Gasteiger partial charge on any atom is 0.251 e. The minimum Gasteiger partial charge on any atom is -0.348 e. The van der Waals surface area contributed by atoms with Gasteiger partial charge in [-0.05, 0) is 54.4 Å². The summed E-state index contributed by atoms with van der Waals surface area (Å²) in [5.74, 6) is -0.255. The Labute approximate surface area is 164 Å². The lowest BCUT2D eigenvalue weighted by Gasteiger charge is -2.09. The first-order valence-electron chi connectivity index (χ1n) is 8.76. The molecule has 1 aromatic heterocycles. The molecule has 3 aromatic rings. The van der Waals surface area contributed by atoms with Gasteiger partial charge in [0.2, 0.25) is 10.0 Å². The first-order valence-corrected chi connectivity index (χ1v) is 10.2. The van der Waals surface area contributed by atoms with Crippen molar-refractivity contribution in [2.45, 2.75) is 24.9 Å². The highest BCUT2D eigenvalue weighted by Gasteiger charge is 2.14. The molecule has 2 aromatic carbocycles. The number of rotatable bonds is 7. The van der Waals surface area contributed by atoms with Gasteiger partial charge in [-0.2, -0.15) is 0 Å². The van der Waals surface area contributed by atoms with Gasteiger partial charge in [0, 0.05) is 31.0 Å². The second-order valence-electron chi connectivity index (χ2n) is 6.37. The predicted molar refractivity (Wildman–Crippen MR) is 107 cm³/mol. The number of carbonyl (C=O) groups is 1. The predicted octanol–water partition coefficient (Wildman–Crippen LogP) is 2.80. The smallest absolute Gasteiger partial charge is 0.251 e. The molecule has 0 saturated carbocycles. The van der Waals surface area contributed by atoms with Crippen molar-refractivity contribution in [3.05, 3.63) is 95.3 Å². The lowest BCUT2D eigenvalue weighted by atomic mass is 10.1. The molecular weight excluding hydrogens is 374 g/mol. The lowest BCUT2D eigenvalue weighted by Crippen LogP contribution is -2.24. The van der Waals surface area contributed by atoms with Crippen LogP contribution >= 0.6 is 0 Å². The molecule has 0 bridgehead atoms. The van der Waals surface area contributed by atoms with E-state index in [0.29, 0.717) is 12.1 Å². The van der Waals surface area contributed by atoms with Crippen molar-refractivity contribution in [1.82, 2.24) is 15.0 Å². The van der Waals surface area contributed by atoms with E-state index >= 15 is 0 Å². The standard InChI is InChI=1S/C21H21N3O3S/c1-16-2-4-17(5-3-16)14-23-21(25)19-6-8-20(9-7-19)28(26,27)24-15-18-10-12-22-13-11-18/h2-13,24H,14-15H2,1H3,(H,23,25). The Morgan fingerprint density at radius 2 is 1.46 bits per heavy atom. The van der Waals surface area contributed by atoms with Gasteiger partial charge in [0.25, 0.3) is 5.91 Å². The van der Waals surface area contributed by atoms with E-state index in [0.717, 1.165) is 16.7 Å². The van der Waals surface area contributed by atoms with Crippen LogP contribution in [0.1, 0.15) is 27.0 Å². The Balaban J connectivity index is 1.60. The number of aromatic nitrogens is 1. The first kappa shape index (κ1) is 19.7. The molecule has 144 valence electrons. The summed E-state index contributed by atoms with van der Waals surface area (Å²) < 4.78 is 27.3. The van der Waals surface area contributed by atoms with E-state index < -0.39 is 10.0 Å². The molecule has 0 atom stereocenters. The molecule has 7 heteroatoms. The van der Waals surface area contributed by atoms with Crippen LogP contribution in [-0.2, 0) is 23.1 Å². The summed E-state index contributed by atoms with van der Waals surface area (Å²) in [6, 6.07) is 17.2. The number of hydrogen-bond donors (Lipinski definition) is 2. The molecule has 0 radical (unpaired) electrons. The van der Waals surface area contributed by atoms with E-state index in [-0.39, 0.29) is 17.3 Å². The van der Waals surface area contributed by atoms with Crippen LogP contribution in [0.2, 0.25) is 0 Å². The van der Waals surface area contributed by atoms with Crippen molar-refractivity contribution >= 4 is 15.9 Å². The van der Waals surface area contributed by atoms with Gasteiger partial charge >= 0.3 is 0 Å². The van der Waals surface area contributed by atoms with Crippen molar-refractivity contribution in [2.75, 3.05) is 0 Å². The zero-order chi connectivity index (χ0) is 20.0. The van der Waals surface area contributed by atoms with Crippen LogP contribution in [0.5, 0.6) is 0 Å². The molecule has 1 heterocycles. The third-order valence-corrected chi connectivity index (χ3v) is 5.63. The molecule has 0 saturated heterocycles. The van der Waals surface area contributed by atoms with Gasteiger partial charge in [-0.3, -0.25) is 9.78 Å². The van der Waals surface area contributed by atoms with Crippen molar-refractivity contribution in [1.29, 1.82) is 0 Å². The topological polar surface area (TPSA) is 88.2 Å². The molecule has 0 aliphatic heterocycles. The molecule has 0 spiro atoms. The summed E-state index contributed by atoms with van der Waals surface area (Å²) in [6.45, 7) is 2.58. The summed E-state index contributed by atoms with van der Waals surface area (Å²) in [5.41, 5.74) is 3.37. The molecule has 3 rings (SSSR count). The summed E-state index contributed by atoms with van der Waals surface area (Å²) in [7, 11) is -3.66. The van der Waals surface area contributed by atoms with E-state index in [1.165, 1.54) is 24.3 Å². The van der Waals surface area contributed by atoms with Gasteiger partial charge in [-0.25, -0.2) is 13.1 Å². The number of sulfonamides is 1. The van der Waals surface area contributed by atoms with Crippen LogP contribution in [0.25, 0.3) is 0 Å². The number of benzene rings is 2. The summed E-state index contributed by atoms with van der Waals surface area (Å²) in [4.78, 5) is 16.3. The second-order valence-corrected chi connectivity index (χ2v) is 8.14. The molecule has 0 aliphatic rings. The third-order valence-electron chi connectivity index (χ3n) is 4.22. The number of pyridine rings is 1. The monoisotopic (exact) mass is 395 g/mol. The third kappa shape index (κ3) is 5.25. The van der Waals surface area contributed by atoms with Crippen molar-refractivity contribution < 1.29 is 13.2 Å². The van der Waals surface area contributed by atoms with Crippen molar-refractivity contribution in [3.63, 3.8) is 0 Å². The average Bonchev–Trinajstić information content (AvgIpc) is 2.72. The molecule has 6 nitrogen and oxygen atoms in total. The van der Waals surface area contributed by atoms with Gasteiger partial charge < -0.3 is 5.32 Å². The highest BCUT2D eigenvalue weighted by Crippen LogP contribution is 2.12. The fourth-order valence-corrected chi connectivity index (χ4v) is 3.56. The fraction of sp³-hybridized carbons (Fsp3) is 0.143. The van der Waals surface area contributed by atoms with E-state index in [1.54, 1.807) is 24.5 Å². The molecule has 0 aliphatic carbocycles. The first-order chi connectivity index (χ1) is 13.4. The Kier molecular flexibility index (Phi) is 6.18. The summed E-state index contributed by atoms with van der Waals surface area (Å²) in [5, 5.41) is 2.83. The molecule has 2 N–H and O–H groups in total. The zero-order valence-electron chi connectivity index (χ0n) is 15.4. The molecule has 0 fully saturated rings. The van der Waals surface area contributed by atoms with Gasteiger partial charge in [-0.1, -0.05) is 29.8 Å². The maximum absolute atomic E-state index is 12.4. The van der Waals surface area contributed by atoms with Crippen LogP contribution in [0.4, 0.5) is 0 Å². The van der Waals surface area contributed by atoms with Gasteiger partial charge in [-0.15, -0.1) is 0 Å². The normalized spacial score (nSPS) is 11.2. The van der Waals surface area contributed by atoms with E-state index in [2.05, 4.69) is 15.0 Å². The minimum atomic E-state index is -3.66. The summed E-state index contributed by atoms with van der Waals surface area (Å²) >= 11 is 0. The Morgan fingerprint density at radius 3 is 2.11 bits per heavy atom. The van der Waals surface area contributed by atoms with Crippen molar-refractivity contribution in [3.8, 4) is 0 Å². The number of nitrogens with one attached hydrogen (secondary N) is 2. The van der Waals surface area contributed by atoms with Crippen LogP contribution in [0.15, 0.2) is 78.0 Å². The maximum atomic E-state index is 12.4.